The molecule has 20 heavy (non-hydrogen) atoms. The van der Waals surface area contributed by atoms with Crippen molar-refractivity contribution in [1.82, 2.24) is 10.3 Å². The zero-order valence-corrected chi connectivity index (χ0v) is 12.1. The lowest BCUT2D eigenvalue weighted by molar-refractivity contribution is 0.0902. The first-order valence-corrected chi connectivity index (χ1v) is 7.38. The van der Waals surface area contributed by atoms with Crippen LogP contribution in [0.4, 0.5) is 0 Å². The largest absolute Gasteiger partial charge is 0.332 e. The summed E-state index contributed by atoms with van der Waals surface area (Å²) in [6.07, 6.45) is 8.27. The van der Waals surface area contributed by atoms with E-state index in [1.807, 2.05) is 0 Å². The molecular formula is C15H18ClN3O. The minimum absolute atomic E-state index is 0.297. The smallest absolute Gasteiger partial charge is 0.271 e. The summed E-state index contributed by atoms with van der Waals surface area (Å²) in [5.74, 6) is -0.302. The van der Waals surface area contributed by atoms with E-state index in [9.17, 15) is 10.1 Å². The number of carbonyl (C=O) groups is 1. The third kappa shape index (κ3) is 3.71. The summed E-state index contributed by atoms with van der Waals surface area (Å²) < 4.78 is 0. The van der Waals surface area contributed by atoms with Gasteiger partial charge < -0.3 is 5.32 Å². The Bertz CT molecular complexity index is 499. The Balaban J connectivity index is 2.10. The van der Waals surface area contributed by atoms with Gasteiger partial charge in [-0.3, -0.25) is 4.79 Å². The molecule has 0 aliphatic heterocycles. The van der Waals surface area contributed by atoms with Gasteiger partial charge in [0, 0.05) is 6.20 Å². The fourth-order valence-electron chi connectivity index (χ4n) is 2.57. The fourth-order valence-corrected chi connectivity index (χ4v) is 2.68. The first kappa shape index (κ1) is 14.8. The summed E-state index contributed by atoms with van der Waals surface area (Å²) in [6.45, 7) is 0. The van der Waals surface area contributed by atoms with E-state index < -0.39 is 5.54 Å². The molecule has 0 spiro atoms. The van der Waals surface area contributed by atoms with Crippen LogP contribution in [0, 0.1) is 11.3 Å². The maximum Gasteiger partial charge on any atom is 0.271 e. The van der Waals surface area contributed by atoms with E-state index in [0.29, 0.717) is 23.6 Å². The molecule has 1 aliphatic rings. The average molecular weight is 292 g/mol. The molecule has 1 aromatic heterocycles. The minimum Gasteiger partial charge on any atom is -0.332 e. The molecule has 1 N–H and O–H groups in total. The molecule has 5 heteroatoms. The predicted octanol–water partition coefficient (Wildman–Crippen LogP) is 3.47. The van der Waals surface area contributed by atoms with Gasteiger partial charge in [-0.05, 0) is 25.0 Å². The average Bonchev–Trinajstić information content (AvgIpc) is 2.43. The van der Waals surface area contributed by atoms with Crippen molar-refractivity contribution in [2.75, 3.05) is 0 Å². The van der Waals surface area contributed by atoms with Crippen LogP contribution >= 0.6 is 11.6 Å². The van der Waals surface area contributed by atoms with Crippen molar-refractivity contribution in [2.24, 2.45) is 0 Å². The van der Waals surface area contributed by atoms with Crippen molar-refractivity contribution in [3.05, 3.63) is 29.0 Å². The summed E-state index contributed by atoms with van der Waals surface area (Å²) in [5, 5.41) is 12.9. The van der Waals surface area contributed by atoms with Gasteiger partial charge >= 0.3 is 0 Å². The second-order valence-corrected chi connectivity index (χ2v) is 5.71. The number of nitrogens with zero attached hydrogens (tertiary/aromatic N) is 2. The lowest BCUT2D eigenvalue weighted by atomic mass is 9.85. The standard InChI is InChI=1S/C15H18ClN3O/c16-12-6-7-13(18-10-12)14(20)19-15(11-17)8-4-2-1-3-5-9-15/h6-7,10H,1-5,8-9H2,(H,19,20). The van der Waals surface area contributed by atoms with Gasteiger partial charge in [0.2, 0.25) is 0 Å². The number of pyridine rings is 1. The van der Waals surface area contributed by atoms with E-state index in [2.05, 4.69) is 16.4 Å². The van der Waals surface area contributed by atoms with Crippen LogP contribution in [0.25, 0.3) is 0 Å². The van der Waals surface area contributed by atoms with Gasteiger partial charge in [0.15, 0.2) is 0 Å². The molecule has 0 unspecified atom stereocenters. The molecule has 1 saturated carbocycles. The predicted molar refractivity (Wildman–Crippen MR) is 77.4 cm³/mol. The Hall–Kier alpha value is -1.60. The highest BCUT2D eigenvalue weighted by Crippen LogP contribution is 2.26. The highest BCUT2D eigenvalue weighted by molar-refractivity contribution is 6.30. The zero-order valence-electron chi connectivity index (χ0n) is 11.4. The Morgan fingerprint density at radius 1 is 1.25 bits per heavy atom. The maximum absolute atomic E-state index is 12.2. The van der Waals surface area contributed by atoms with E-state index in [4.69, 9.17) is 11.6 Å². The Labute approximate surface area is 124 Å². The van der Waals surface area contributed by atoms with Gasteiger partial charge in [0.05, 0.1) is 11.1 Å². The van der Waals surface area contributed by atoms with Crippen LogP contribution in [0.2, 0.25) is 5.02 Å². The zero-order chi connectivity index (χ0) is 14.4. The first-order chi connectivity index (χ1) is 9.65. The third-order valence-electron chi connectivity index (χ3n) is 3.73. The molecule has 2 rings (SSSR count). The number of hydrogen-bond acceptors (Lipinski definition) is 3. The highest BCUT2D eigenvalue weighted by Gasteiger charge is 2.32. The molecule has 106 valence electrons. The lowest BCUT2D eigenvalue weighted by Crippen LogP contribution is -2.48. The number of amides is 1. The molecular weight excluding hydrogens is 274 g/mol. The molecule has 0 bridgehead atoms. The molecule has 1 aromatic rings. The molecule has 1 aliphatic carbocycles. The number of rotatable bonds is 2. The summed E-state index contributed by atoms with van der Waals surface area (Å²) >= 11 is 5.76. The fraction of sp³-hybridized carbons (Fsp3) is 0.533. The number of halogens is 1. The highest BCUT2D eigenvalue weighted by atomic mass is 35.5. The van der Waals surface area contributed by atoms with Gasteiger partial charge in [-0.15, -0.1) is 0 Å². The maximum atomic E-state index is 12.2. The summed E-state index contributed by atoms with van der Waals surface area (Å²) in [5.41, 5.74) is -0.454. The molecule has 1 heterocycles. The van der Waals surface area contributed by atoms with Crippen LogP contribution in [0.15, 0.2) is 18.3 Å². The molecule has 0 radical (unpaired) electrons. The minimum atomic E-state index is -0.751. The van der Waals surface area contributed by atoms with E-state index >= 15 is 0 Å². The molecule has 0 aromatic carbocycles. The second-order valence-electron chi connectivity index (χ2n) is 5.28. The van der Waals surface area contributed by atoms with Crippen LogP contribution in [0.1, 0.15) is 55.4 Å². The van der Waals surface area contributed by atoms with Crippen LogP contribution in [-0.2, 0) is 0 Å². The Kier molecular flexibility index (Phi) is 4.97. The van der Waals surface area contributed by atoms with Crippen molar-refractivity contribution in [1.29, 1.82) is 5.26 Å². The normalized spacial score (nSPS) is 18.4. The number of carbonyl (C=O) groups excluding carboxylic acids is 1. The summed E-state index contributed by atoms with van der Waals surface area (Å²) in [6, 6.07) is 5.51. The van der Waals surface area contributed by atoms with Crippen molar-refractivity contribution in [2.45, 2.75) is 50.5 Å². The Morgan fingerprint density at radius 3 is 2.45 bits per heavy atom. The van der Waals surface area contributed by atoms with Crippen LogP contribution < -0.4 is 5.32 Å². The number of aromatic nitrogens is 1. The second kappa shape index (κ2) is 6.71. The molecule has 1 amide bonds. The van der Waals surface area contributed by atoms with Gasteiger partial charge in [0.25, 0.3) is 5.91 Å². The van der Waals surface area contributed by atoms with Crippen LogP contribution in [0.3, 0.4) is 0 Å². The van der Waals surface area contributed by atoms with Gasteiger partial charge in [-0.2, -0.15) is 5.26 Å². The quantitative estimate of drug-likeness (QED) is 0.907. The topological polar surface area (TPSA) is 65.8 Å². The molecule has 1 fully saturated rings. The van der Waals surface area contributed by atoms with Crippen molar-refractivity contribution in [3.63, 3.8) is 0 Å². The summed E-state index contributed by atoms with van der Waals surface area (Å²) in [7, 11) is 0. The monoisotopic (exact) mass is 291 g/mol. The first-order valence-electron chi connectivity index (χ1n) is 7.00. The van der Waals surface area contributed by atoms with Crippen LogP contribution in [-0.4, -0.2) is 16.4 Å². The van der Waals surface area contributed by atoms with Crippen molar-refractivity contribution in [3.8, 4) is 6.07 Å². The number of nitriles is 1. The Morgan fingerprint density at radius 2 is 1.90 bits per heavy atom. The van der Waals surface area contributed by atoms with E-state index in [-0.39, 0.29) is 5.91 Å². The molecule has 0 atom stereocenters. The van der Waals surface area contributed by atoms with Gasteiger partial charge in [-0.1, -0.05) is 43.7 Å². The van der Waals surface area contributed by atoms with E-state index in [0.717, 1.165) is 25.7 Å². The van der Waals surface area contributed by atoms with Gasteiger partial charge in [0.1, 0.15) is 11.2 Å². The van der Waals surface area contributed by atoms with Crippen molar-refractivity contribution >= 4 is 17.5 Å². The number of nitrogens with one attached hydrogen (secondary N) is 1. The van der Waals surface area contributed by atoms with E-state index in [1.54, 1.807) is 12.1 Å². The van der Waals surface area contributed by atoms with E-state index in [1.165, 1.54) is 12.6 Å². The summed E-state index contributed by atoms with van der Waals surface area (Å²) in [4.78, 5) is 16.2. The SMILES string of the molecule is N#CC1(NC(=O)c2ccc(Cl)cn2)CCCCCCC1. The van der Waals surface area contributed by atoms with Crippen molar-refractivity contribution < 1.29 is 4.79 Å². The van der Waals surface area contributed by atoms with Crippen LogP contribution in [0.5, 0.6) is 0 Å². The molecule has 4 nitrogen and oxygen atoms in total. The number of hydrogen-bond donors (Lipinski definition) is 1. The molecule has 0 saturated heterocycles. The third-order valence-corrected chi connectivity index (χ3v) is 3.96. The lowest BCUT2D eigenvalue weighted by Gasteiger charge is -2.29. The van der Waals surface area contributed by atoms with Gasteiger partial charge in [-0.25, -0.2) is 4.98 Å².